The van der Waals surface area contributed by atoms with Gasteiger partial charge < -0.3 is 16.0 Å². The number of nitrogens with two attached hydrogens (primary N) is 1. The molecule has 0 amide bonds. The van der Waals surface area contributed by atoms with Crippen molar-refractivity contribution in [3.8, 4) is 0 Å². The smallest absolute Gasteiger partial charge is 0.391 e. The number of nitrogens with zero attached hydrogens (tertiary/aromatic N) is 1. The quantitative estimate of drug-likeness (QED) is 0.796. The van der Waals surface area contributed by atoms with E-state index in [0.717, 1.165) is 18.5 Å². The van der Waals surface area contributed by atoms with Crippen LogP contribution in [-0.4, -0.2) is 9.97 Å². The van der Waals surface area contributed by atoms with Gasteiger partial charge in [-0.2, -0.15) is 13.2 Å². The first-order chi connectivity index (χ1) is 9.29. The summed E-state index contributed by atoms with van der Waals surface area (Å²) in [6.45, 7) is 0. The predicted octanol–water partition coefficient (Wildman–Crippen LogP) is 2.77. The fraction of sp³-hybridized carbons (Fsp3) is 0.0909. The number of alkyl halides is 3. The number of H-pyrrole nitrogens is 1. The third-order valence-corrected chi connectivity index (χ3v) is 2.75. The molecule has 0 aliphatic rings. The summed E-state index contributed by atoms with van der Waals surface area (Å²) in [6, 6.07) is 3.22. The molecule has 5 nitrogen and oxygen atoms in total. The molecule has 0 fully saturated rings. The van der Waals surface area contributed by atoms with Crippen LogP contribution in [0.5, 0.6) is 0 Å². The zero-order valence-electron chi connectivity index (χ0n) is 9.75. The van der Waals surface area contributed by atoms with E-state index in [1.54, 1.807) is 0 Å². The fourth-order valence-corrected chi connectivity index (χ4v) is 1.69. The molecule has 0 spiro atoms. The third kappa shape index (κ3) is 2.85. The van der Waals surface area contributed by atoms with Gasteiger partial charge in [0.25, 0.3) is 5.56 Å². The lowest BCUT2D eigenvalue weighted by molar-refractivity contribution is -0.137. The van der Waals surface area contributed by atoms with E-state index in [1.165, 1.54) is 6.07 Å². The predicted molar refractivity (Wildman–Crippen MR) is 69.0 cm³/mol. The van der Waals surface area contributed by atoms with Crippen LogP contribution in [0.4, 0.5) is 30.4 Å². The zero-order valence-corrected chi connectivity index (χ0v) is 10.5. The van der Waals surface area contributed by atoms with Gasteiger partial charge in [0.1, 0.15) is 5.69 Å². The van der Waals surface area contributed by atoms with Gasteiger partial charge in [-0.05, 0) is 18.2 Å². The summed E-state index contributed by atoms with van der Waals surface area (Å²) in [4.78, 5) is 17.2. The van der Waals surface area contributed by atoms with Crippen molar-refractivity contribution in [3.05, 3.63) is 45.5 Å². The van der Waals surface area contributed by atoms with E-state index in [-0.39, 0.29) is 17.2 Å². The minimum Gasteiger partial charge on any atom is -0.391 e. The van der Waals surface area contributed by atoms with E-state index >= 15 is 0 Å². The number of rotatable bonds is 2. The maximum absolute atomic E-state index is 12.7. The highest BCUT2D eigenvalue weighted by Gasteiger charge is 2.33. The van der Waals surface area contributed by atoms with Crippen molar-refractivity contribution in [2.24, 2.45) is 0 Å². The molecule has 106 valence electrons. The maximum Gasteiger partial charge on any atom is 0.417 e. The molecular weight excluding hydrogens is 297 g/mol. The Morgan fingerprint density at radius 3 is 2.70 bits per heavy atom. The molecule has 0 aliphatic carbocycles. The topological polar surface area (TPSA) is 83.8 Å². The van der Waals surface area contributed by atoms with Crippen molar-refractivity contribution in [2.45, 2.75) is 6.18 Å². The number of anilines is 3. The van der Waals surface area contributed by atoms with Crippen LogP contribution in [0, 0.1) is 0 Å². The highest BCUT2D eigenvalue weighted by Crippen LogP contribution is 2.36. The monoisotopic (exact) mass is 304 g/mol. The molecule has 0 saturated heterocycles. The van der Waals surface area contributed by atoms with Gasteiger partial charge in [0.15, 0.2) is 5.82 Å². The summed E-state index contributed by atoms with van der Waals surface area (Å²) in [5.74, 6) is -0.0378. The van der Waals surface area contributed by atoms with Crippen molar-refractivity contribution < 1.29 is 13.2 Å². The molecule has 4 N–H and O–H groups in total. The summed E-state index contributed by atoms with van der Waals surface area (Å²) in [5, 5.41) is 2.12. The molecule has 0 saturated carbocycles. The lowest BCUT2D eigenvalue weighted by atomic mass is 10.2. The van der Waals surface area contributed by atoms with Gasteiger partial charge in [-0.3, -0.25) is 4.79 Å². The van der Waals surface area contributed by atoms with E-state index in [0.29, 0.717) is 0 Å². The minimum absolute atomic E-state index is 0.0378. The Hall–Kier alpha value is -2.22. The zero-order chi connectivity index (χ0) is 14.9. The van der Waals surface area contributed by atoms with Gasteiger partial charge in [-0.1, -0.05) is 11.6 Å². The molecule has 1 heterocycles. The molecular formula is C11H8ClF3N4O. The Morgan fingerprint density at radius 2 is 2.05 bits per heavy atom. The first kappa shape index (κ1) is 14.2. The van der Waals surface area contributed by atoms with Crippen LogP contribution in [0.1, 0.15) is 5.56 Å². The van der Waals surface area contributed by atoms with Crippen LogP contribution in [0.25, 0.3) is 0 Å². The first-order valence-corrected chi connectivity index (χ1v) is 5.64. The molecule has 9 heteroatoms. The van der Waals surface area contributed by atoms with Crippen molar-refractivity contribution >= 4 is 28.8 Å². The fourth-order valence-electron chi connectivity index (χ4n) is 1.47. The molecule has 0 unspecified atom stereocenters. The van der Waals surface area contributed by atoms with Crippen LogP contribution < -0.4 is 16.6 Å². The summed E-state index contributed by atoms with van der Waals surface area (Å²) >= 11 is 5.50. The highest BCUT2D eigenvalue weighted by molar-refractivity contribution is 6.31. The van der Waals surface area contributed by atoms with Crippen molar-refractivity contribution in [2.75, 3.05) is 11.1 Å². The van der Waals surface area contributed by atoms with Crippen molar-refractivity contribution in [1.82, 2.24) is 9.97 Å². The number of hydrogen-bond acceptors (Lipinski definition) is 4. The molecule has 2 rings (SSSR count). The molecule has 2 aromatic rings. The highest BCUT2D eigenvalue weighted by atomic mass is 35.5. The van der Waals surface area contributed by atoms with E-state index in [4.69, 9.17) is 17.3 Å². The summed E-state index contributed by atoms with van der Waals surface area (Å²) in [7, 11) is 0. The summed E-state index contributed by atoms with van der Waals surface area (Å²) < 4.78 is 38.1. The molecule has 1 aromatic heterocycles. The molecule has 0 radical (unpaired) electrons. The van der Waals surface area contributed by atoms with Gasteiger partial charge in [-0.25, -0.2) is 4.98 Å². The SMILES string of the molecule is Nc1c(Nc2ccc(Cl)c(C(F)(F)F)c2)nc[nH]c1=O. The number of benzene rings is 1. The second-order valence-corrected chi connectivity index (χ2v) is 4.22. The van der Waals surface area contributed by atoms with Crippen LogP contribution in [-0.2, 0) is 6.18 Å². The van der Waals surface area contributed by atoms with Crippen LogP contribution in [0.2, 0.25) is 5.02 Å². The van der Waals surface area contributed by atoms with Crippen molar-refractivity contribution in [3.63, 3.8) is 0 Å². The third-order valence-electron chi connectivity index (χ3n) is 2.42. The second kappa shape index (κ2) is 5.04. The number of aromatic amines is 1. The van der Waals surface area contributed by atoms with Gasteiger partial charge in [0.05, 0.1) is 16.9 Å². The van der Waals surface area contributed by atoms with E-state index in [9.17, 15) is 18.0 Å². The summed E-state index contributed by atoms with van der Waals surface area (Å²) in [6.07, 6.45) is -3.50. The normalized spacial score (nSPS) is 11.4. The number of hydrogen-bond donors (Lipinski definition) is 3. The van der Waals surface area contributed by atoms with Gasteiger partial charge in [0, 0.05) is 5.69 Å². The molecule has 20 heavy (non-hydrogen) atoms. The molecule has 0 bridgehead atoms. The van der Waals surface area contributed by atoms with Crippen LogP contribution >= 0.6 is 11.6 Å². The molecule has 0 aliphatic heterocycles. The molecule has 1 aromatic carbocycles. The lowest BCUT2D eigenvalue weighted by Gasteiger charge is -2.12. The van der Waals surface area contributed by atoms with E-state index in [2.05, 4.69) is 15.3 Å². The summed E-state index contributed by atoms with van der Waals surface area (Å²) in [5.41, 5.74) is 3.72. The molecule has 0 atom stereocenters. The Bertz CT molecular complexity index is 699. The van der Waals surface area contributed by atoms with E-state index < -0.39 is 22.3 Å². The Morgan fingerprint density at radius 1 is 1.35 bits per heavy atom. The Balaban J connectivity index is 2.40. The van der Waals surface area contributed by atoms with Gasteiger partial charge in [0.2, 0.25) is 0 Å². The Labute approximate surface area is 115 Å². The standard InChI is InChI=1S/C11H8ClF3N4O/c12-7-2-1-5(3-6(7)11(13,14)15)19-9-8(16)10(20)18-4-17-9/h1-4H,16H2,(H2,17,18,19,20). The average molecular weight is 305 g/mol. The number of nitrogens with one attached hydrogen (secondary N) is 2. The Kier molecular flexibility index (Phi) is 3.58. The maximum atomic E-state index is 12.7. The average Bonchev–Trinajstić information content (AvgIpc) is 2.36. The number of aromatic nitrogens is 2. The lowest BCUT2D eigenvalue weighted by Crippen LogP contribution is -2.15. The van der Waals surface area contributed by atoms with E-state index in [1.807, 2.05) is 0 Å². The van der Waals surface area contributed by atoms with Gasteiger partial charge >= 0.3 is 6.18 Å². The largest absolute Gasteiger partial charge is 0.417 e. The van der Waals surface area contributed by atoms with Crippen LogP contribution in [0.3, 0.4) is 0 Å². The number of nitrogen functional groups attached to an aromatic ring is 1. The second-order valence-electron chi connectivity index (χ2n) is 3.81. The van der Waals surface area contributed by atoms with Crippen LogP contribution in [0.15, 0.2) is 29.3 Å². The van der Waals surface area contributed by atoms with Crippen molar-refractivity contribution in [1.29, 1.82) is 0 Å². The minimum atomic E-state index is -4.58. The van der Waals surface area contributed by atoms with Gasteiger partial charge in [-0.15, -0.1) is 0 Å². The first-order valence-electron chi connectivity index (χ1n) is 5.26. The number of halogens is 4.